The Labute approximate surface area is 239 Å². The zero-order valence-electron chi connectivity index (χ0n) is 23.8. The molecule has 1 saturated heterocycles. The fraction of sp³-hybridized carbons (Fsp3) is 0.500. The molecule has 0 amide bonds. The Hall–Kier alpha value is -3.41. The lowest BCUT2D eigenvalue weighted by atomic mass is 9.87. The van der Waals surface area contributed by atoms with Crippen LogP contribution in [0.4, 0.5) is 11.5 Å². The molecule has 4 heterocycles. The van der Waals surface area contributed by atoms with Crippen LogP contribution in [0.15, 0.2) is 40.2 Å². The third-order valence-electron chi connectivity index (χ3n) is 7.49. The summed E-state index contributed by atoms with van der Waals surface area (Å²) in [6.07, 6.45) is 1.33. The molecule has 13 heteroatoms. The van der Waals surface area contributed by atoms with E-state index in [1.165, 1.54) is 6.20 Å². The van der Waals surface area contributed by atoms with E-state index in [9.17, 15) is 24.0 Å². The molecular formula is C28H36N6O6S. The second kappa shape index (κ2) is 10.5. The molecule has 0 unspecified atom stereocenters. The minimum Gasteiger partial charge on any atom is -0.461 e. The normalized spacial score (nSPS) is 23.2. The molecular weight excluding hydrogens is 548 g/mol. The molecule has 0 bridgehead atoms. The third-order valence-corrected chi connectivity index (χ3v) is 9.77. The van der Waals surface area contributed by atoms with Gasteiger partial charge in [0.25, 0.3) is 5.56 Å². The molecule has 4 N–H and O–H groups in total. The molecule has 2 aromatic heterocycles. The summed E-state index contributed by atoms with van der Waals surface area (Å²) in [6.45, 7) is 9.73. The van der Waals surface area contributed by atoms with Crippen molar-refractivity contribution in [1.29, 1.82) is 5.26 Å². The van der Waals surface area contributed by atoms with Crippen LogP contribution in [0.3, 0.4) is 0 Å². The van der Waals surface area contributed by atoms with Gasteiger partial charge in [0.05, 0.1) is 41.2 Å². The predicted octanol–water partition coefficient (Wildman–Crippen LogP) is 4.85. The van der Waals surface area contributed by atoms with Crippen molar-refractivity contribution in [1.82, 2.24) is 19.1 Å². The smallest absolute Gasteiger partial charge is 0.335 e. The van der Waals surface area contributed by atoms with Crippen LogP contribution in [0, 0.1) is 11.3 Å². The van der Waals surface area contributed by atoms with E-state index in [-0.39, 0.29) is 30.5 Å². The van der Waals surface area contributed by atoms with E-state index in [0.29, 0.717) is 40.9 Å². The van der Waals surface area contributed by atoms with Gasteiger partial charge in [0.15, 0.2) is 11.9 Å². The predicted molar refractivity (Wildman–Crippen MR) is 155 cm³/mol. The second-order valence-corrected chi connectivity index (χ2v) is 13.8. The highest BCUT2D eigenvalue weighted by atomic mass is 32.3. The number of hydrogen-bond donors (Lipinski definition) is 4. The maximum absolute atomic E-state index is 13.0. The van der Waals surface area contributed by atoms with Crippen molar-refractivity contribution in [2.75, 3.05) is 11.9 Å². The number of aromatic nitrogens is 3. The van der Waals surface area contributed by atoms with Crippen LogP contribution < -0.4 is 10.9 Å². The van der Waals surface area contributed by atoms with Gasteiger partial charge in [-0.15, -0.1) is 10.8 Å². The highest BCUT2D eigenvalue weighted by molar-refractivity contribution is 8.22. The average Bonchev–Trinajstić information content (AvgIpc) is 3.39. The summed E-state index contributed by atoms with van der Waals surface area (Å²) in [5.41, 5.74) is 0.186. The molecule has 0 radical (unpaired) electrons. The molecule has 5 rings (SSSR count). The largest absolute Gasteiger partial charge is 0.461 e. The molecule has 3 aromatic rings. The number of aromatic amines is 1. The summed E-state index contributed by atoms with van der Waals surface area (Å²) in [5, 5.41) is 18.1. The Kier molecular flexibility index (Phi) is 7.42. The summed E-state index contributed by atoms with van der Waals surface area (Å²) in [4.78, 5) is 28.7. The van der Waals surface area contributed by atoms with E-state index in [4.69, 9.17) is 14.6 Å². The van der Waals surface area contributed by atoms with Gasteiger partial charge in [-0.2, -0.15) is 14.7 Å². The molecule has 1 aromatic carbocycles. The van der Waals surface area contributed by atoms with Crippen molar-refractivity contribution in [3.63, 3.8) is 0 Å². The van der Waals surface area contributed by atoms with Gasteiger partial charge >= 0.3 is 5.97 Å². The maximum atomic E-state index is 13.0. The van der Waals surface area contributed by atoms with Crippen molar-refractivity contribution in [3.05, 3.63) is 46.4 Å². The number of nitrogens with zero attached hydrogens (tertiary/aromatic N) is 4. The number of ether oxygens (including phenoxy) is 2. The molecule has 0 aliphatic carbocycles. The molecule has 2 aliphatic rings. The van der Waals surface area contributed by atoms with Crippen LogP contribution >= 0.6 is 10.8 Å². The topological polar surface area (TPSA) is 166 Å². The lowest BCUT2D eigenvalue weighted by molar-refractivity contribution is -0.169. The zero-order valence-corrected chi connectivity index (χ0v) is 24.6. The minimum atomic E-state index is -3.12. The van der Waals surface area contributed by atoms with E-state index in [0.717, 1.165) is 5.56 Å². The number of pyridine rings is 1. The lowest BCUT2D eigenvalue weighted by Crippen LogP contribution is -2.47. The number of H-pyrrole nitrogens is 1. The van der Waals surface area contributed by atoms with Gasteiger partial charge in [-0.25, -0.2) is 4.79 Å². The Morgan fingerprint density at radius 1 is 1.37 bits per heavy atom. The number of hydrogen-bond acceptors (Lipinski definition) is 10. The van der Waals surface area contributed by atoms with Crippen LogP contribution in [0.2, 0.25) is 0 Å². The molecule has 12 nitrogen and oxygen atoms in total. The first-order valence-corrected chi connectivity index (χ1v) is 15.0. The second-order valence-electron chi connectivity index (χ2n) is 11.9. The number of carbonyl (C=O) groups is 1. The zero-order chi connectivity index (χ0) is 29.7. The molecule has 2 atom stereocenters. The highest BCUT2D eigenvalue weighted by Gasteiger charge is 2.43. The van der Waals surface area contributed by atoms with Crippen molar-refractivity contribution >= 4 is 39.2 Å². The molecule has 2 aliphatic heterocycles. The van der Waals surface area contributed by atoms with E-state index in [1.54, 1.807) is 41.0 Å². The van der Waals surface area contributed by atoms with E-state index in [2.05, 4.69) is 16.4 Å². The summed E-state index contributed by atoms with van der Waals surface area (Å²) in [6, 6.07) is 9.20. The van der Waals surface area contributed by atoms with Crippen molar-refractivity contribution < 1.29 is 23.4 Å². The molecule has 220 valence electrons. The van der Waals surface area contributed by atoms with Crippen molar-refractivity contribution in [2.24, 2.45) is 0 Å². The summed E-state index contributed by atoms with van der Waals surface area (Å²) < 4.78 is 36.5. The first-order valence-electron chi connectivity index (χ1n) is 13.5. The first kappa shape index (κ1) is 29.1. The monoisotopic (exact) mass is 584 g/mol. The van der Waals surface area contributed by atoms with E-state index >= 15 is 0 Å². The Morgan fingerprint density at radius 3 is 2.76 bits per heavy atom. The van der Waals surface area contributed by atoms with E-state index < -0.39 is 33.9 Å². The number of nitriles is 1. The number of fused-ring (bicyclic) bond motifs is 2. The summed E-state index contributed by atoms with van der Waals surface area (Å²) >= 11 is 0. The Balaban J connectivity index is 1.50. The van der Waals surface area contributed by atoms with Crippen LogP contribution in [0.25, 0.3) is 10.9 Å². The van der Waals surface area contributed by atoms with Crippen LogP contribution in [-0.4, -0.2) is 58.5 Å². The summed E-state index contributed by atoms with van der Waals surface area (Å²) in [7, 11) is -3.12. The van der Waals surface area contributed by atoms with Gasteiger partial charge in [0.1, 0.15) is 5.39 Å². The fourth-order valence-electron chi connectivity index (χ4n) is 5.53. The van der Waals surface area contributed by atoms with Gasteiger partial charge in [-0.05, 0) is 77.3 Å². The maximum Gasteiger partial charge on any atom is 0.335 e. The lowest BCUT2D eigenvalue weighted by Gasteiger charge is -2.44. The van der Waals surface area contributed by atoms with Gasteiger partial charge in [-0.3, -0.25) is 18.6 Å². The number of nitrogens with one attached hydrogen (secondary N) is 2. The number of esters is 1. The average molecular weight is 585 g/mol. The molecule has 1 fully saturated rings. The Bertz CT molecular complexity index is 1580. The number of benzene rings is 1. The molecule has 41 heavy (non-hydrogen) atoms. The molecule has 0 saturated carbocycles. The molecule has 0 spiro atoms. The van der Waals surface area contributed by atoms with Crippen LogP contribution in [-0.2, 0) is 26.4 Å². The summed E-state index contributed by atoms with van der Waals surface area (Å²) in [5.74, 6) is -0.148. The SMILES string of the molecule is CC(C)OC(=O)[C@@H]1CC[C@@](CC#N)(n2nc(Nc3ccc4c(c3)CN(C(C)(C)C)S4(O)O)c3c(=O)[nH]ccc32)CO1. The first-order chi connectivity index (χ1) is 19.3. The third kappa shape index (κ3) is 5.22. The Morgan fingerprint density at radius 2 is 2.12 bits per heavy atom. The quantitative estimate of drug-likeness (QED) is 0.294. The van der Waals surface area contributed by atoms with Crippen LogP contribution in [0.1, 0.15) is 59.4 Å². The number of carbonyl (C=O) groups excluding carboxylic acids is 1. The van der Waals surface area contributed by atoms with Gasteiger partial charge < -0.3 is 19.8 Å². The highest BCUT2D eigenvalue weighted by Crippen LogP contribution is 2.61. The van der Waals surface area contributed by atoms with Gasteiger partial charge in [0, 0.05) is 24.0 Å². The number of anilines is 2. The number of rotatable bonds is 6. The van der Waals surface area contributed by atoms with Crippen molar-refractivity contribution in [3.8, 4) is 6.07 Å². The standard InChI is InChI=1S/C28H36N6O6S/c1-17(2)40-26(36)21-8-10-28(11-12-29,16-39-21)34-20-9-13-30-25(35)23(20)24(32-34)31-19-6-7-22-18(14-19)15-33(27(3,4)5)41(22,37)38/h6-7,9,13-14,17,21,37-38H,8,10-11,15-16H2,1-5H3,(H,30,35)(H,31,32)/t21-,28-/m0/s1. The van der Waals surface area contributed by atoms with Crippen molar-refractivity contribution in [2.45, 2.75) is 88.6 Å². The van der Waals surface area contributed by atoms with Gasteiger partial charge in [0.2, 0.25) is 0 Å². The minimum absolute atomic E-state index is 0.0424. The fourth-order valence-corrected chi connectivity index (χ4v) is 7.57. The van der Waals surface area contributed by atoms with E-state index in [1.807, 2.05) is 26.8 Å². The van der Waals surface area contributed by atoms with Gasteiger partial charge in [-0.1, -0.05) is 0 Å². The van der Waals surface area contributed by atoms with Crippen LogP contribution in [0.5, 0.6) is 0 Å².